The molecule has 1 aromatic rings. The molecular formula is C14H19ClN2O4. The van der Waals surface area contributed by atoms with Crippen molar-refractivity contribution in [1.82, 2.24) is 10.2 Å². The van der Waals surface area contributed by atoms with Crippen molar-refractivity contribution in [2.45, 2.75) is 12.8 Å². The number of carbonyl (C=O) groups is 2. The number of aliphatic carboxylic acids is 1. The number of carbonyl (C=O) groups excluding carboxylic acids is 1. The van der Waals surface area contributed by atoms with E-state index in [-0.39, 0.29) is 19.0 Å². The van der Waals surface area contributed by atoms with Gasteiger partial charge in [0.25, 0.3) is 0 Å². The van der Waals surface area contributed by atoms with Crippen molar-refractivity contribution in [1.29, 1.82) is 0 Å². The van der Waals surface area contributed by atoms with Crippen LogP contribution in [0.4, 0.5) is 4.79 Å². The Labute approximate surface area is 128 Å². The zero-order chi connectivity index (χ0) is 15.7. The van der Waals surface area contributed by atoms with Gasteiger partial charge in [-0.3, -0.25) is 4.79 Å². The Balaban J connectivity index is 2.16. The predicted molar refractivity (Wildman–Crippen MR) is 79.8 cm³/mol. The summed E-state index contributed by atoms with van der Waals surface area (Å²) < 4.78 is 5.51. The minimum absolute atomic E-state index is 0.0859. The average molecular weight is 315 g/mol. The summed E-state index contributed by atoms with van der Waals surface area (Å²) in [5.74, 6) is -0.246. The molecule has 0 fully saturated rings. The van der Waals surface area contributed by atoms with Crippen LogP contribution in [0.15, 0.2) is 24.3 Å². The van der Waals surface area contributed by atoms with Gasteiger partial charge in [0.2, 0.25) is 0 Å². The third-order valence-electron chi connectivity index (χ3n) is 2.66. The molecule has 0 aliphatic rings. The average Bonchev–Trinajstić information content (AvgIpc) is 2.43. The number of carboxylic acid groups (broad SMARTS) is 1. The molecule has 0 saturated carbocycles. The molecule has 6 nitrogen and oxygen atoms in total. The Kier molecular flexibility index (Phi) is 7.39. The molecule has 0 aromatic heterocycles. The third kappa shape index (κ3) is 7.41. The zero-order valence-corrected chi connectivity index (χ0v) is 12.6. The minimum Gasteiger partial charge on any atom is -0.493 e. The molecule has 0 saturated heterocycles. The van der Waals surface area contributed by atoms with E-state index in [2.05, 4.69) is 5.32 Å². The first kappa shape index (κ1) is 17.1. The summed E-state index contributed by atoms with van der Waals surface area (Å²) in [6.45, 7) is 1.10. The molecule has 0 aliphatic carbocycles. The largest absolute Gasteiger partial charge is 0.493 e. The number of urea groups is 1. The van der Waals surface area contributed by atoms with E-state index in [4.69, 9.17) is 21.4 Å². The molecule has 0 spiro atoms. The fourth-order valence-electron chi connectivity index (χ4n) is 1.56. The number of rotatable bonds is 8. The standard InChI is InChI=1S/C14H19ClN2O4/c1-17(14(20)16-7-6-13(18)19)8-3-9-21-12-5-2-4-11(15)10-12/h2,4-5,10H,3,6-9H2,1H3,(H,16,20)(H,18,19). The van der Waals surface area contributed by atoms with Crippen molar-refractivity contribution in [2.75, 3.05) is 26.7 Å². The number of ether oxygens (including phenoxy) is 1. The first-order chi connectivity index (χ1) is 9.99. The van der Waals surface area contributed by atoms with Crippen molar-refractivity contribution in [2.24, 2.45) is 0 Å². The van der Waals surface area contributed by atoms with Crippen LogP contribution in [-0.4, -0.2) is 48.8 Å². The molecule has 0 aliphatic heterocycles. The highest BCUT2D eigenvalue weighted by Gasteiger charge is 2.08. The molecule has 0 unspecified atom stereocenters. The van der Waals surface area contributed by atoms with Crippen LogP contribution in [0.5, 0.6) is 5.75 Å². The van der Waals surface area contributed by atoms with Crippen molar-refractivity contribution in [3.63, 3.8) is 0 Å². The molecule has 2 N–H and O–H groups in total. The maximum Gasteiger partial charge on any atom is 0.317 e. The first-order valence-corrected chi connectivity index (χ1v) is 6.96. The van der Waals surface area contributed by atoms with Gasteiger partial charge in [0.1, 0.15) is 5.75 Å². The second-order valence-electron chi connectivity index (χ2n) is 4.46. The SMILES string of the molecule is CN(CCCOc1cccc(Cl)c1)C(=O)NCCC(=O)O. The number of amides is 2. The molecule has 1 rings (SSSR count). The van der Waals surface area contributed by atoms with E-state index in [9.17, 15) is 9.59 Å². The summed E-state index contributed by atoms with van der Waals surface area (Å²) in [6.07, 6.45) is 0.576. The van der Waals surface area contributed by atoms with Crippen molar-refractivity contribution < 1.29 is 19.4 Å². The Hall–Kier alpha value is -1.95. The molecule has 0 radical (unpaired) electrons. The highest BCUT2D eigenvalue weighted by atomic mass is 35.5. The fourth-order valence-corrected chi connectivity index (χ4v) is 1.74. The van der Waals surface area contributed by atoms with Crippen LogP contribution in [0.1, 0.15) is 12.8 Å². The van der Waals surface area contributed by atoms with Crippen LogP contribution < -0.4 is 10.1 Å². The van der Waals surface area contributed by atoms with Crippen molar-refractivity contribution in [3.05, 3.63) is 29.3 Å². The van der Waals surface area contributed by atoms with Gasteiger partial charge in [0.15, 0.2) is 0 Å². The second kappa shape index (κ2) is 9.07. The molecule has 116 valence electrons. The number of nitrogens with one attached hydrogen (secondary N) is 1. The summed E-state index contributed by atoms with van der Waals surface area (Å²) in [4.78, 5) is 23.4. The van der Waals surface area contributed by atoms with Gasteiger partial charge in [-0.1, -0.05) is 17.7 Å². The number of halogens is 1. The van der Waals surface area contributed by atoms with Gasteiger partial charge in [-0.15, -0.1) is 0 Å². The van der Waals surface area contributed by atoms with Gasteiger partial charge >= 0.3 is 12.0 Å². The number of hydrogen-bond donors (Lipinski definition) is 2. The van der Waals surface area contributed by atoms with Gasteiger partial charge < -0.3 is 20.1 Å². The lowest BCUT2D eigenvalue weighted by atomic mass is 10.3. The summed E-state index contributed by atoms with van der Waals surface area (Å²) in [6, 6.07) is 6.82. The Morgan fingerprint density at radius 1 is 1.43 bits per heavy atom. The lowest BCUT2D eigenvalue weighted by molar-refractivity contribution is -0.136. The predicted octanol–water partition coefficient (Wildman–Crippen LogP) is 2.22. The Morgan fingerprint density at radius 2 is 2.19 bits per heavy atom. The van der Waals surface area contributed by atoms with Gasteiger partial charge in [-0.2, -0.15) is 0 Å². The third-order valence-corrected chi connectivity index (χ3v) is 2.90. The van der Waals surface area contributed by atoms with Gasteiger partial charge in [-0.05, 0) is 24.6 Å². The smallest absolute Gasteiger partial charge is 0.317 e. The normalized spacial score (nSPS) is 10.0. The molecule has 0 bridgehead atoms. The molecular weight excluding hydrogens is 296 g/mol. The summed E-state index contributed by atoms with van der Waals surface area (Å²) in [5, 5.41) is 11.6. The monoisotopic (exact) mass is 314 g/mol. The lowest BCUT2D eigenvalue weighted by Gasteiger charge is -2.17. The van der Waals surface area contributed by atoms with Gasteiger partial charge in [0, 0.05) is 25.2 Å². The number of benzene rings is 1. The number of carboxylic acids is 1. The van der Waals surface area contributed by atoms with Crippen LogP contribution in [-0.2, 0) is 4.79 Å². The van der Waals surface area contributed by atoms with Crippen LogP contribution in [0.3, 0.4) is 0 Å². The van der Waals surface area contributed by atoms with E-state index < -0.39 is 5.97 Å². The first-order valence-electron chi connectivity index (χ1n) is 6.58. The van der Waals surface area contributed by atoms with E-state index in [1.165, 1.54) is 4.90 Å². The number of nitrogens with zero attached hydrogens (tertiary/aromatic N) is 1. The van der Waals surface area contributed by atoms with Gasteiger partial charge in [0.05, 0.1) is 13.0 Å². The second-order valence-corrected chi connectivity index (χ2v) is 4.89. The topological polar surface area (TPSA) is 78.9 Å². The highest BCUT2D eigenvalue weighted by molar-refractivity contribution is 6.30. The lowest BCUT2D eigenvalue weighted by Crippen LogP contribution is -2.39. The minimum atomic E-state index is -0.937. The van der Waals surface area contributed by atoms with Crippen molar-refractivity contribution in [3.8, 4) is 5.75 Å². The summed E-state index contributed by atoms with van der Waals surface area (Å²) in [5.41, 5.74) is 0. The van der Waals surface area contributed by atoms with E-state index in [0.29, 0.717) is 30.3 Å². The quantitative estimate of drug-likeness (QED) is 0.721. The molecule has 1 aromatic carbocycles. The van der Waals surface area contributed by atoms with Crippen LogP contribution in [0.2, 0.25) is 5.02 Å². The Morgan fingerprint density at radius 3 is 2.86 bits per heavy atom. The van der Waals surface area contributed by atoms with Crippen molar-refractivity contribution >= 4 is 23.6 Å². The maximum atomic E-state index is 11.6. The molecule has 0 heterocycles. The molecule has 2 amide bonds. The summed E-state index contributed by atoms with van der Waals surface area (Å²) in [7, 11) is 1.65. The fraction of sp³-hybridized carbons (Fsp3) is 0.429. The maximum absolute atomic E-state index is 11.6. The van der Waals surface area contributed by atoms with Crippen LogP contribution in [0, 0.1) is 0 Å². The molecule has 21 heavy (non-hydrogen) atoms. The van der Waals surface area contributed by atoms with Crippen LogP contribution >= 0.6 is 11.6 Å². The van der Waals surface area contributed by atoms with E-state index >= 15 is 0 Å². The highest BCUT2D eigenvalue weighted by Crippen LogP contribution is 2.17. The molecule has 7 heteroatoms. The van der Waals surface area contributed by atoms with E-state index in [1.54, 1.807) is 25.2 Å². The summed E-state index contributed by atoms with van der Waals surface area (Å²) >= 11 is 5.84. The van der Waals surface area contributed by atoms with E-state index in [1.807, 2.05) is 6.07 Å². The van der Waals surface area contributed by atoms with Gasteiger partial charge in [-0.25, -0.2) is 4.79 Å². The Bertz CT molecular complexity index is 482. The van der Waals surface area contributed by atoms with E-state index in [0.717, 1.165) is 0 Å². The number of hydrogen-bond acceptors (Lipinski definition) is 3. The molecule has 0 atom stereocenters. The van der Waals surface area contributed by atoms with Crippen LogP contribution in [0.25, 0.3) is 0 Å². The zero-order valence-electron chi connectivity index (χ0n) is 11.8.